The van der Waals surface area contributed by atoms with Crippen molar-refractivity contribution in [3.05, 3.63) is 206 Å². The zero-order chi connectivity index (χ0) is 37.0. The summed E-state index contributed by atoms with van der Waals surface area (Å²) in [6.45, 7) is 0. The standard InChI is InChI=1S/C52H34N4/c1-4-16-36(17-5-1)46-34-47(54-52(53-46)38-18-6-2-7-19-38)37-30-28-35(29-31-37)44-32-40(55-48-25-13-10-22-41(48)42-23-11-14-26-49(42)55)33-45-43-24-12-15-27-50(43)56(51(44)45)39-20-8-3-9-21-39/h1-34H. The maximum atomic E-state index is 5.12. The van der Waals surface area contributed by atoms with Gasteiger partial charge in [0.15, 0.2) is 5.82 Å². The molecule has 4 nitrogen and oxygen atoms in total. The predicted molar refractivity (Wildman–Crippen MR) is 232 cm³/mol. The quantitative estimate of drug-likeness (QED) is 0.172. The molecule has 0 saturated carbocycles. The molecule has 0 aliphatic rings. The largest absolute Gasteiger partial charge is 0.309 e. The van der Waals surface area contributed by atoms with Gasteiger partial charge in [-0.15, -0.1) is 0 Å². The number of rotatable bonds is 6. The zero-order valence-electron chi connectivity index (χ0n) is 30.4. The summed E-state index contributed by atoms with van der Waals surface area (Å²) in [5.74, 6) is 0.707. The lowest BCUT2D eigenvalue weighted by Crippen LogP contribution is -1.98. The summed E-state index contributed by atoms with van der Waals surface area (Å²) in [7, 11) is 0. The molecule has 11 aromatic rings. The Morgan fingerprint density at radius 3 is 1.34 bits per heavy atom. The molecule has 8 aromatic carbocycles. The minimum absolute atomic E-state index is 0.707. The zero-order valence-corrected chi connectivity index (χ0v) is 30.4. The second-order valence-electron chi connectivity index (χ2n) is 14.2. The summed E-state index contributed by atoms with van der Waals surface area (Å²) in [6.07, 6.45) is 0. The number of nitrogens with zero attached hydrogens (tertiary/aromatic N) is 4. The van der Waals surface area contributed by atoms with E-state index in [2.05, 4.69) is 191 Å². The Morgan fingerprint density at radius 1 is 0.304 bits per heavy atom. The van der Waals surface area contributed by atoms with Crippen LogP contribution in [0.2, 0.25) is 0 Å². The van der Waals surface area contributed by atoms with Gasteiger partial charge in [-0.3, -0.25) is 0 Å². The van der Waals surface area contributed by atoms with Crippen LogP contribution < -0.4 is 0 Å². The van der Waals surface area contributed by atoms with E-state index in [4.69, 9.17) is 9.97 Å². The maximum absolute atomic E-state index is 5.12. The van der Waals surface area contributed by atoms with Crippen LogP contribution >= 0.6 is 0 Å². The SMILES string of the molecule is c1ccc(-c2cc(-c3ccc(-c4cc(-n5c6ccccc6c6ccccc65)cc5c6ccccc6n(-c6ccccc6)c45)cc3)nc(-c3ccccc3)n2)cc1. The Balaban J connectivity index is 1.16. The summed E-state index contributed by atoms with van der Waals surface area (Å²) in [5, 5.41) is 4.92. The van der Waals surface area contributed by atoms with Crippen molar-refractivity contribution in [2.24, 2.45) is 0 Å². The molecule has 11 rings (SSSR count). The highest BCUT2D eigenvalue weighted by molar-refractivity contribution is 6.16. The molecule has 0 spiro atoms. The van der Waals surface area contributed by atoms with E-state index >= 15 is 0 Å². The summed E-state index contributed by atoms with van der Waals surface area (Å²) in [6, 6.07) is 73.3. The first kappa shape index (κ1) is 31.9. The lowest BCUT2D eigenvalue weighted by Gasteiger charge is -2.16. The molecule has 0 N–H and O–H groups in total. The van der Waals surface area contributed by atoms with E-state index in [1.807, 2.05) is 24.3 Å². The molecular weight excluding hydrogens is 681 g/mol. The van der Waals surface area contributed by atoms with Gasteiger partial charge in [0.2, 0.25) is 0 Å². The fourth-order valence-electron chi connectivity index (χ4n) is 8.37. The Labute approximate surface area is 324 Å². The highest BCUT2D eigenvalue weighted by atomic mass is 15.0. The molecule has 0 unspecified atom stereocenters. The Morgan fingerprint density at radius 2 is 0.750 bits per heavy atom. The van der Waals surface area contributed by atoms with Gasteiger partial charge in [0.05, 0.1) is 33.5 Å². The molecule has 0 radical (unpaired) electrons. The van der Waals surface area contributed by atoms with Gasteiger partial charge in [-0.05, 0) is 54.1 Å². The molecule has 0 saturated heterocycles. The van der Waals surface area contributed by atoms with Crippen LogP contribution in [0.1, 0.15) is 0 Å². The average Bonchev–Trinajstić information content (AvgIpc) is 3.80. The van der Waals surface area contributed by atoms with Gasteiger partial charge in [0, 0.05) is 55.2 Å². The number of fused-ring (bicyclic) bond motifs is 6. The maximum Gasteiger partial charge on any atom is 0.160 e. The highest BCUT2D eigenvalue weighted by Crippen LogP contribution is 2.42. The lowest BCUT2D eigenvalue weighted by molar-refractivity contribution is 1.17. The minimum atomic E-state index is 0.707. The number of hydrogen-bond donors (Lipinski definition) is 0. The first-order valence-electron chi connectivity index (χ1n) is 19.0. The van der Waals surface area contributed by atoms with Crippen LogP contribution in [0.4, 0.5) is 0 Å². The van der Waals surface area contributed by atoms with Gasteiger partial charge in [0.25, 0.3) is 0 Å². The summed E-state index contributed by atoms with van der Waals surface area (Å²) >= 11 is 0. The first-order valence-corrected chi connectivity index (χ1v) is 19.0. The van der Waals surface area contributed by atoms with Gasteiger partial charge in [-0.2, -0.15) is 0 Å². The number of hydrogen-bond acceptors (Lipinski definition) is 2. The summed E-state index contributed by atoms with van der Waals surface area (Å²) in [4.78, 5) is 10.1. The van der Waals surface area contributed by atoms with Crippen molar-refractivity contribution < 1.29 is 0 Å². The summed E-state index contributed by atoms with van der Waals surface area (Å²) in [5.41, 5.74) is 14.1. The Hall–Kier alpha value is -7.56. The smallest absolute Gasteiger partial charge is 0.160 e. The van der Waals surface area contributed by atoms with Gasteiger partial charge < -0.3 is 9.13 Å². The molecular formula is C52H34N4. The van der Waals surface area contributed by atoms with Crippen LogP contribution in [0.15, 0.2) is 206 Å². The average molecular weight is 715 g/mol. The monoisotopic (exact) mass is 714 g/mol. The molecule has 0 aliphatic carbocycles. The van der Waals surface area contributed by atoms with E-state index in [-0.39, 0.29) is 0 Å². The van der Waals surface area contributed by atoms with Crippen molar-refractivity contribution in [2.45, 2.75) is 0 Å². The molecule has 4 heteroatoms. The van der Waals surface area contributed by atoms with Gasteiger partial charge in [0.1, 0.15) is 0 Å². The number of benzene rings is 8. The molecule has 0 aliphatic heterocycles. The van der Waals surface area contributed by atoms with E-state index in [9.17, 15) is 0 Å². The van der Waals surface area contributed by atoms with Crippen LogP contribution in [0.25, 0.3) is 100 Å². The number of aromatic nitrogens is 4. The predicted octanol–water partition coefficient (Wildman–Crippen LogP) is 13.3. The number of para-hydroxylation sites is 4. The molecule has 0 bridgehead atoms. The Bertz CT molecular complexity index is 3100. The van der Waals surface area contributed by atoms with Gasteiger partial charge >= 0.3 is 0 Å². The molecule has 3 heterocycles. The molecule has 0 fully saturated rings. The molecule has 262 valence electrons. The fourth-order valence-corrected chi connectivity index (χ4v) is 8.37. The summed E-state index contributed by atoms with van der Waals surface area (Å²) < 4.78 is 4.85. The molecule has 0 atom stereocenters. The second-order valence-corrected chi connectivity index (χ2v) is 14.2. The van der Waals surface area contributed by atoms with Crippen molar-refractivity contribution in [3.63, 3.8) is 0 Å². The van der Waals surface area contributed by atoms with Crippen molar-refractivity contribution in [2.75, 3.05) is 0 Å². The topological polar surface area (TPSA) is 35.6 Å². The first-order chi connectivity index (χ1) is 27.8. The van der Waals surface area contributed by atoms with Crippen molar-refractivity contribution in [1.29, 1.82) is 0 Å². The molecule has 56 heavy (non-hydrogen) atoms. The van der Waals surface area contributed by atoms with Crippen LogP contribution in [0.5, 0.6) is 0 Å². The third kappa shape index (κ3) is 5.23. The Kier molecular flexibility index (Phi) is 7.46. The third-order valence-electron chi connectivity index (χ3n) is 10.9. The van der Waals surface area contributed by atoms with Gasteiger partial charge in [-0.1, -0.05) is 158 Å². The van der Waals surface area contributed by atoms with Crippen LogP contribution in [0.3, 0.4) is 0 Å². The highest BCUT2D eigenvalue weighted by Gasteiger charge is 2.21. The van der Waals surface area contributed by atoms with E-state index in [1.54, 1.807) is 0 Å². The third-order valence-corrected chi connectivity index (χ3v) is 10.9. The van der Waals surface area contributed by atoms with Crippen LogP contribution in [-0.2, 0) is 0 Å². The minimum Gasteiger partial charge on any atom is -0.309 e. The molecule has 3 aromatic heterocycles. The van der Waals surface area contributed by atoms with Gasteiger partial charge in [-0.25, -0.2) is 9.97 Å². The van der Waals surface area contributed by atoms with E-state index < -0.39 is 0 Å². The van der Waals surface area contributed by atoms with E-state index in [1.165, 1.54) is 43.6 Å². The molecule has 0 amide bonds. The van der Waals surface area contributed by atoms with Crippen LogP contribution in [0, 0.1) is 0 Å². The van der Waals surface area contributed by atoms with Crippen LogP contribution in [-0.4, -0.2) is 19.1 Å². The van der Waals surface area contributed by atoms with E-state index in [0.717, 1.165) is 50.6 Å². The normalized spacial score (nSPS) is 11.6. The van der Waals surface area contributed by atoms with E-state index in [0.29, 0.717) is 5.82 Å². The van der Waals surface area contributed by atoms with Crippen molar-refractivity contribution in [1.82, 2.24) is 19.1 Å². The van der Waals surface area contributed by atoms with Crippen molar-refractivity contribution in [3.8, 4) is 56.4 Å². The second kappa shape index (κ2) is 13.1. The van der Waals surface area contributed by atoms with Crippen molar-refractivity contribution >= 4 is 43.6 Å². The lowest BCUT2D eigenvalue weighted by atomic mass is 9.98. The fraction of sp³-hybridized carbons (Fsp3) is 0.